The third kappa shape index (κ3) is 4.33. The number of carbonyl (C=O) groups is 2. The molecule has 1 unspecified atom stereocenters. The molecule has 0 saturated heterocycles. The van der Waals surface area contributed by atoms with Crippen molar-refractivity contribution in [1.82, 2.24) is 5.32 Å². The molecule has 0 aromatic heterocycles. The van der Waals surface area contributed by atoms with Gasteiger partial charge in [0.25, 0.3) is 5.91 Å². The summed E-state index contributed by atoms with van der Waals surface area (Å²) in [5, 5.41) is 2.19. The number of amides is 1. The van der Waals surface area contributed by atoms with Crippen LogP contribution in [0, 0.1) is 0 Å². The van der Waals surface area contributed by atoms with Gasteiger partial charge in [0, 0.05) is 5.69 Å². The van der Waals surface area contributed by atoms with Crippen LogP contribution in [0.5, 0.6) is 0 Å². The highest BCUT2D eigenvalue weighted by Gasteiger charge is 2.36. The molecule has 1 amide bonds. The maximum atomic E-state index is 13.4. The second-order valence-electron chi connectivity index (χ2n) is 5.60. The predicted octanol–water partition coefficient (Wildman–Crippen LogP) is 3.25. The van der Waals surface area contributed by atoms with Crippen molar-refractivity contribution in [2.24, 2.45) is 0 Å². The maximum absolute atomic E-state index is 13.4. The smallest absolute Gasteiger partial charge is 0.417 e. The number of nitrogens with one attached hydrogen (secondary N) is 1. The lowest BCUT2D eigenvalue weighted by Crippen LogP contribution is -2.39. The molecule has 0 fully saturated rings. The fourth-order valence-electron chi connectivity index (χ4n) is 2.38. The number of benzene rings is 2. The Morgan fingerprint density at radius 1 is 1.12 bits per heavy atom. The Labute approximate surface area is 148 Å². The van der Waals surface area contributed by atoms with E-state index in [2.05, 4.69) is 10.1 Å². The van der Waals surface area contributed by atoms with Gasteiger partial charge in [-0.15, -0.1) is 0 Å². The molecule has 0 aliphatic rings. The highest BCUT2D eigenvalue weighted by atomic mass is 19.4. The number of nitrogens with two attached hydrogens (primary N) is 1. The number of esters is 1. The number of alkyl halides is 3. The standard InChI is InChI=1S/C18H17F3N2O3/c1-10(17(25)26-2)23-16(24)14-7-6-12(9-15(14)18(19,20)21)11-4-3-5-13(22)8-11/h3-10H,22H2,1-2H3,(H,23,24). The molecule has 0 heterocycles. The molecule has 0 saturated carbocycles. The Bertz CT molecular complexity index is 835. The fraction of sp³-hybridized carbons (Fsp3) is 0.222. The molecule has 3 N–H and O–H groups in total. The molecule has 8 heteroatoms. The van der Waals surface area contributed by atoms with E-state index in [0.717, 1.165) is 19.2 Å². The first kappa shape index (κ1) is 19.3. The van der Waals surface area contributed by atoms with Crippen molar-refractivity contribution >= 4 is 17.6 Å². The minimum absolute atomic E-state index is 0.266. The first-order valence-corrected chi connectivity index (χ1v) is 7.59. The molecule has 138 valence electrons. The molecule has 2 rings (SSSR count). The molecule has 5 nitrogen and oxygen atoms in total. The molecule has 0 radical (unpaired) electrons. The van der Waals surface area contributed by atoms with Gasteiger partial charge in [0.1, 0.15) is 6.04 Å². The number of nitrogen functional groups attached to an aromatic ring is 1. The summed E-state index contributed by atoms with van der Waals surface area (Å²) in [7, 11) is 1.12. The van der Waals surface area contributed by atoms with E-state index in [-0.39, 0.29) is 5.56 Å². The Balaban J connectivity index is 2.44. The lowest BCUT2D eigenvalue weighted by molar-refractivity contribution is -0.142. The molecule has 0 aliphatic carbocycles. The Kier molecular flexibility index (Phi) is 5.54. The molecule has 26 heavy (non-hydrogen) atoms. The SMILES string of the molecule is COC(=O)C(C)NC(=O)c1ccc(-c2cccc(N)c2)cc1C(F)(F)F. The van der Waals surface area contributed by atoms with E-state index < -0.39 is 35.2 Å². The zero-order valence-electron chi connectivity index (χ0n) is 14.1. The molecule has 2 aromatic carbocycles. The predicted molar refractivity (Wildman–Crippen MR) is 90.2 cm³/mol. The molecule has 2 aromatic rings. The van der Waals surface area contributed by atoms with E-state index in [4.69, 9.17) is 5.73 Å². The monoisotopic (exact) mass is 366 g/mol. The van der Waals surface area contributed by atoms with Gasteiger partial charge >= 0.3 is 12.1 Å². The van der Waals surface area contributed by atoms with Crippen molar-refractivity contribution in [2.75, 3.05) is 12.8 Å². The maximum Gasteiger partial charge on any atom is 0.417 e. The minimum Gasteiger partial charge on any atom is -0.467 e. The zero-order chi connectivity index (χ0) is 19.5. The van der Waals surface area contributed by atoms with Crippen molar-refractivity contribution < 1.29 is 27.5 Å². The quantitative estimate of drug-likeness (QED) is 0.643. The Hall–Kier alpha value is -3.03. The van der Waals surface area contributed by atoms with Crippen LogP contribution in [0.15, 0.2) is 42.5 Å². The average molecular weight is 366 g/mol. The van der Waals surface area contributed by atoms with Crippen molar-refractivity contribution in [3.8, 4) is 11.1 Å². The molecule has 1 atom stereocenters. The Morgan fingerprint density at radius 2 is 1.77 bits per heavy atom. The summed E-state index contributed by atoms with van der Waals surface area (Å²) in [5.41, 5.74) is 5.14. The summed E-state index contributed by atoms with van der Waals surface area (Å²) >= 11 is 0. The number of hydrogen-bond donors (Lipinski definition) is 2. The van der Waals surface area contributed by atoms with Crippen LogP contribution < -0.4 is 11.1 Å². The van der Waals surface area contributed by atoms with Crippen molar-refractivity contribution in [2.45, 2.75) is 19.1 Å². The topological polar surface area (TPSA) is 81.4 Å². The van der Waals surface area contributed by atoms with Crippen molar-refractivity contribution in [3.05, 3.63) is 53.6 Å². The molecular formula is C18H17F3N2O3. The highest BCUT2D eigenvalue weighted by Crippen LogP contribution is 2.35. The molecular weight excluding hydrogens is 349 g/mol. The number of methoxy groups -OCH3 is 1. The summed E-state index contributed by atoms with van der Waals surface area (Å²) in [5.74, 6) is -1.78. The average Bonchev–Trinajstić information content (AvgIpc) is 2.59. The van der Waals surface area contributed by atoms with Gasteiger partial charge in [-0.25, -0.2) is 4.79 Å². The second-order valence-corrected chi connectivity index (χ2v) is 5.60. The van der Waals surface area contributed by atoms with Crippen LogP contribution in [0.2, 0.25) is 0 Å². The van der Waals surface area contributed by atoms with E-state index in [1.807, 2.05) is 0 Å². The van der Waals surface area contributed by atoms with Crippen LogP contribution in [-0.2, 0) is 15.7 Å². The number of halogens is 3. The van der Waals surface area contributed by atoms with E-state index in [0.29, 0.717) is 11.3 Å². The van der Waals surface area contributed by atoms with Crippen LogP contribution in [0.3, 0.4) is 0 Å². The van der Waals surface area contributed by atoms with E-state index >= 15 is 0 Å². The minimum atomic E-state index is -4.75. The lowest BCUT2D eigenvalue weighted by atomic mass is 9.98. The number of carbonyl (C=O) groups excluding carboxylic acids is 2. The summed E-state index contributed by atoms with van der Waals surface area (Å²) in [6, 6.07) is 8.65. The van der Waals surface area contributed by atoms with Crippen LogP contribution in [0.4, 0.5) is 18.9 Å². The van der Waals surface area contributed by atoms with Gasteiger partial charge < -0.3 is 15.8 Å². The third-order valence-electron chi connectivity index (χ3n) is 3.69. The summed E-state index contributed by atoms with van der Waals surface area (Å²) in [6.45, 7) is 1.32. The van der Waals surface area contributed by atoms with Crippen molar-refractivity contribution in [1.29, 1.82) is 0 Å². The van der Waals surface area contributed by atoms with E-state index in [1.54, 1.807) is 18.2 Å². The van der Waals surface area contributed by atoms with Gasteiger partial charge in [-0.1, -0.05) is 18.2 Å². The molecule has 0 bridgehead atoms. The van der Waals surface area contributed by atoms with Crippen LogP contribution in [0.1, 0.15) is 22.8 Å². The molecule has 0 aliphatic heterocycles. The normalized spacial score (nSPS) is 12.3. The van der Waals surface area contributed by atoms with Gasteiger partial charge in [-0.3, -0.25) is 4.79 Å². The third-order valence-corrected chi connectivity index (χ3v) is 3.69. The fourth-order valence-corrected chi connectivity index (χ4v) is 2.38. The number of anilines is 1. The molecule has 0 spiro atoms. The van der Waals surface area contributed by atoms with E-state index in [1.165, 1.54) is 19.1 Å². The Morgan fingerprint density at radius 3 is 2.35 bits per heavy atom. The van der Waals surface area contributed by atoms with Crippen LogP contribution >= 0.6 is 0 Å². The number of ether oxygens (including phenoxy) is 1. The zero-order valence-corrected chi connectivity index (χ0v) is 14.1. The largest absolute Gasteiger partial charge is 0.467 e. The first-order valence-electron chi connectivity index (χ1n) is 7.59. The number of hydrogen-bond acceptors (Lipinski definition) is 4. The van der Waals surface area contributed by atoms with E-state index in [9.17, 15) is 22.8 Å². The van der Waals surface area contributed by atoms with Crippen LogP contribution in [-0.4, -0.2) is 25.0 Å². The lowest BCUT2D eigenvalue weighted by Gasteiger charge is -2.17. The van der Waals surface area contributed by atoms with Gasteiger partial charge in [0.05, 0.1) is 18.2 Å². The van der Waals surface area contributed by atoms with Gasteiger partial charge in [0.2, 0.25) is 0 Å². The van der Waals surface area contributed by atoms with Gasteiger partial charge in [-0.2, -0.15) is 13.2 Å². The summed E-state index contributed by atoms with van der Waals surface area (Å²) in [4.78, 5) is 23.6. The first-order chi connectivity index (χ1) is 12.1. The number of rotatable bonds is 4. The summed E-state index contributed by atoms with van der Waals surface area (Å²) < 4.78 is 44.8. The second kappa shape index (κ2) is 7.47. The highest BCUT2D eigenvalue weighted by molar-refractivity contribution is 5.98. The van der Waals surface area contributed by atoms with Gasteiger partial charge in [0.15, 0.2) is 0 Å². The summed E-state index contributed by atoms with van der Waals surface area (Å²) in [6.07, 6.45) is -4.75. The van der Waals surface area contributed by atoms with Crippen molar-refractivity contribution in [3.63, 3.8) is 0 Å². The van der Waals surface area contributed by atoms with Crippen LogP contribution in [0.25, 0.3) is 11.1 Å². The van der Waals surface area contributed by atoms with Gasteiger partial charge in [-0.05, 0) is 42.3 Å².